The van der Waals surface area contributed by atoms with E-state index in [1.165, 1.54) is 76.5 Å². The molecule has 0 amide bonds. The lowest BCUT2D eigenvalue weighted by molar-refractivity contribution is -0.141. The molecule has 1 nitrogen and oxygen atoms in total. The van der Waals surface area contributed by atoms with Crippen LogP contribution in [0.25, 0.3) is 0 Å². The summed E-state index contributed by atoms with van der Waals surface area (Å²) in [6.07, 6.45) is 12.8. The fourth-order valence-electron chi connectivity index (χ4n) is 5.19. The van der Waals surface area contributed by atoms with Crippen LogP contribution in [0.15, 0.2) is 18.3 Å². The van der Waals surface area contributed by atoms with Crippen molar-refractivity contribution in [1.29, 1.82) is 0 Å². The molecular weight excluding hydrogens is 371 g/mol. The maximum absolute atomic E-state index is 12.6. The molecule has 2 fully saturated rings. The Balaban J connectivity index is 1.41. The van der Waals surface area contributed by atoms with Gasteiger partial charge < -0.3 is 0 Å². The van der Waals surface area contributed by atoms with Crippen molar-refractivity contribution in [2.24, 2.45) is 23.7 Å². The number of pyridine rings is 1. The van der Waals surface area contributed by atoms with Crippen molar-refractivity contribution in [3.63, 3.8) is 0 Å². The van der Waals surface area contributed by atoms with E-state index in [0.717, 1.165) is 36.7 Å². The molecule has 1 aromatic rings. The first-order chi connectivity index (χ1) is 14.0. The van der Waals surface area contributed by atoms with Gasteiger partial charge in [-0.25, -0.2) is 0 Å². The summed E-state index contributed by atoms with van der Waals surface area (Å²) in [6, 6.07) is 2.44. The van der Waals surface area contributed by atoms with Crippen molar-refractivity contribution in [3.8, 4) is 11.8 Å². The van der Waals surface area contributed by atoms with Crippen LogP contribution in [0.5, 0.6) is 0 Å². The highest BCUT2D eigenvalue weighted by Crippen LogP contribution is 2.42. The van der Waals surface area contributed by atoms with Gasteiger partial charge in [-0.3, -0.25) is 4.98 Å². The van der Waals surface area contributed by atoms with Crippen LogP contribution in [0.1, 0.15) is 95.2 Å². The normalized spacial score (nSPS) is 27.9. The largest absolute Gasteiger partial charge is 0.433 e. The lowest BCUT2D eigenvalue weighted by atomic mass is 9.69. The highest BCUT2D eigenvalue weighted by molar-refractivity contribution is 5.33. The van der Waals surface area contributed by atoms with Crippen LogP contribution in [-0.2, 0) is 6.18 Å². The number of hydrogen-bond donors (Lipinski definition) is 0. The van der Waals surface area contributed by atoms with Crippen LogP contribution in [0.4, 0.5) is 13.2 Å². The molecule has 3 rings (SSSR count). The summed E-state index contributed by atoms with van der Waals surface area (Å²) in [5.41, 5.74) is -0.287. The molecule has 2 aliphatic rings. The van der Waals surface area contributed by atoms with Gasteiger partial charge in [0.2, 0.25) is 0 Å². The van der Waals surface area contributed by atoms with Gasteiger partial charge in [-0.15, -0.1) is 0 Å². The lowest BCUT2D eigenvalue weighted by Crippen LogP contribution is -2.25. The first kappa shape index (κ1) is 22.2. The molecule has 0 saturated heterocycles. The standard InChI is InChI=1S/C25H34F3N/c1-2-3-4-5-19-8-13-22(14-9-19)23-15-10-20(11-16-23)6-7-21-12-17-24(29-18-21)25(26,27)28/h12,17-20,22-23H,2-5,8-11,13-16H2,1H3/t19-,20-,22-,23-. The van der Waals surface area contributed by atoms with Crippen LogP contribution < -0.4 is 0 Å². The zero-order chi connectivity index (χ0) is 20.7. The van der Waals surface area contributed by atoms with E-state index in [1.54, 1.807) is 0 Å². The van der Waals surface area contributed by atoms with E-state index >= 15 is 0 Å². The summed E-state index contributed by atoms with van der Waals surface area (Å²) in [6.45, 7) is 2.28. The molecule has 0 aromatic carbocycles. The summed E-state index contributed by atoms with van der Waals surface area (Å²) in [4.78, 5) is 3.49. The molecule has 2 aliphatic carbocycles. The van der Waals surface area contributed by atoms with Crippen LogP contribution in [-0.4, -0.2) is 4.98 Å². The Labute approximate surface area is 173 Å². The predicted octanol–water partition coefficient (Wildman–Crippen LogP) is 7.65. The monoisotopic (exact) mass is 405 g/mol. The number of halogens is 3. The third-order valence-electron chi connectivity index (χ3n) is 7.02. The van der Waals surface area contributed by atoms with Gasteiger partial charge in [0.05, 0.1) is 0 Å². The van der Waals surface area contributed by atoms with Crippen molar-refractivity contribution in [1.82, 2.24) is 4.98 Å². The minimum atomic E-state index is -4.39. The second kappa shape index (κ2) is 10.5. The fourth-order valence-corrected chi connectivity index (χ4v) is 5.19. The molecule has 0 radical (unpaired) electrons. The zero-order valence-corrected chi connectivity index (χ0v) is 17.6. The Morgan fingerprint density at radius 3 is 2.14 bits per heavy atom. The Morgan fingerprint density at radius 1 is 0.931 bits per heavy atom. The highest BCUT2D eigenvalue weighted by Gasteiger charge is 2.32. The summed E-state index contributed by atoms with van der Waals surface area (Å²) < 4.78 is 37.7. The van der Waals surface area contributed by atoms with E-state index in [4.69, 9.17) is 0 Å². The van der Waals surface area contributed by atoms with Crippen LogP contribution in [0.3, 0.4) is 0 Å². The molecule has 0 bridgehead atoms. The van der Waals surface area contributed by atoms with E-state index in [1.807, 2.05) is 0 Å². The zero-order valence-electron chi connectivity index (χ0n) is 17.6. The average molecular weight is 406 g/mol. The average Bonchev–Trinajstić information content (AvgIpc) is 2.73. The molecule has 0 aliphatic heterocycles. The van der Waals surface area contributed by atoms with Gasteiger partial charge in [0.25, 0.3) is 0 Å². The first-order valence-corrected chi connectivity index (χ1v) is 11.5. The van der Waals surface area contributed by atoms with Gasteiger partial charge in [0, 0.05) is 17.7 Å². The van der Waals surface area contributed by atoms with Gasteiger partial charge >= 0.3 is 6.18 Å². The molecule has 2 saturated carbocycles. The second-order valence-corrected chi connectivity index (χ2v) is 9.09. The van der Waals surface area contributed by atoms with Gasteiger partial charge in [-0.2, -0.15) is 13.2 Å². The molecule has 4 heteroatoms. The summed E-state index contributed by atoms with van der Waals surface area (Å²) in [5, 5.41) is 0. The third kappa shape index (κ3) is 6.76. The van der Waals surface area contributed by atoms with Crippen LogP contribution in [0.2, 0.25) is 0 Å². The molecular formula is C25H34F3N. The minimum Gasteiger partial charge on any atom is -0.250 e. The lowest BCUT2D eigenvalue weighted by Gasteiger charge is -2.37. The number of unbranched alkanes of at least 4 members (excludes halogenated alkanes) is 2. The topological polar surface area (TPSA) is 12.9 Å². The Bertz CT molecular complexity index is 667. The number of nitrogens with zero attached hydrogens (tertiary/aromatic N) is 1. The SMILES string of the molecule is CCCCC[C@H]1CC[C@H]([C@H]2CC[C@H](C#Cc3ccc(C(F)(F)F)nc3)CC2)CC1. The Morgan fingerprint density at radius 2 is 1.59 bits per heavy atom. The Hall–Kier alpha value is -1.50. The maximum atomic E-state index is 12.6. The van der Waals surface area contributed by atoms with Crippen molar-refractivity contribution in [2.45, 2.75) is 90.1 Å². The minimum absolute atomic E-state index is 0.374. The highest BCUT2D eigenvalue weighted by atomic mass is 19.4. The van der Waals surface area contributed by atoms with Crippen LogP contribution >= 0.6 is 0 Å². The maximum Gasteiger partial charge on any atom is 0.433 e. The molecule has 0 spiro atoms. The molecule has 0 unspecified atom stereocenters. The predicted molar refractivity (Wildman–Crippen MR) is 111 cm³/mol. The summed E-state index contributed by atoms with van der Waals surface area (Å²) in [5.74, 6) is 9.43. The van der Waals surface area contributed by atoms with E-state index in [2.05, 4.69) is 23.7 Å². The molecule has 0 N–H and O–H groups in total. The molecule has 29 heavy (non-hydrogen) atoms. The smallest absolute Gasteiger partial charge is 0.250 e. The van der Waals surface area contributed by atoms with Gasteiger partial charge in [-0.05, 0) is 68.4 Å². The van der Waals surface area contributed by atoms with E-state index in [-0.39, 0.29) is 0 Å². The van der Waals surface area contributed by atoms with Crippen molar-refractivity contribution in [2.75, 3.05) is 0 Å². The summed E-state index contributed by atoms with van der Waals surface area (Å²) >= 11 is 0. The van der Waals surface area contributed by atoms with Crippen molar-refractivity contribution < 1.29 is 13.2 Å². The van der Waals surface area contributed by atoms with Gasteiger partial charge in [-0.1, -0.05) is 57.3 Å². The Kier molecular flexibility index (Phi) is 8.04. The first-order valence-electron chi connectivity index (χ1n) is 11.5. The van der Waals surface area contributed by atoms with Crippen molar-refractivity contribution in [3.05, 3.63) is 29.6 Å². The number of rotatable bonds is 5. The van der Waals surface area contributed by atoms with Gasteiger partial charge in [0.15, 0.2) is 0 Å². The number of alkyl halides is 3. The van der Waals surface area contributed by atoms with Gasteiger partial charge in [0.1, 0.15) is 5.69 Å². The number of aromatic nitrogens is 1. The van der Waals surface area contributed by atoms with Crippen LogP contribution in [0, 0.1) is 35.5 Å². The molecule has 0 atom stereocenters. The quantitative estimate of drug-likeness (QED) is 0.362. The van der Waals surface area contributed by atoms with Crippen molar-refractivity contribution >= 4 is 0 Å². The molecule has 1 aromatic heterocycles. The van der Waals surface area contributed by atoms with E-state index < -0.39 is 11.9 Å². The summed E-state index contributed by atoms with van der Waals surface area (Å²) in [7, 11) is 0. The molecule has 1 heterocycles. The number of hydrogen-bond acceptors (Lipinski definition) is 1. The van der Waals surface area contributed by atoms with E-state index in [0.29, 0.717) is 11.5 Å². The fraction of sp³-hybridized carbons (Fsp3) is 0.720. The molecule has 160 valence electrons. The second-order valence-electron chi connectivity index (χ2n) is 9.09. The third-order valence-corrected chi connectivity index (χ3v) is 7.02. The van der Waals surface area contributed by atoms with E-state index in [9.17, 15) is 13.2 Å².